The molecule has 7 nitrogen and oxygen atoms in total. The first-order valence-corrected chi connectivity index (χ1v) is 5.00. The zero-order valence-corrected chi connectivity index (χ0v) is 10.5. The third-order valence-corrected chi connectivity index (χ3v) is 1.64. The van der Waals surface area contributed by atoms with Crippen LogP contribution in [0.25, 0.3) is 0 Å². The summed E-state index contributed by atoms with van der Waals surface area (Å²) in [6.45, 7) is 4.41. The number of nitrogens with one attached hydrogen (secondary N) is 1. The van der Waals surface area contributed by atoms with E-state index in [0.29, 0.717) is 5.06 Å². The highest BCUT2D eigenvalue weighted by Crippen LogP contribution is 2.07. The van der Waals surface area contributed by atoms with Crippen molar-refractivity contribution in [3.05, 3.63) is 0 Å². The van der Waals surface area contributed by atoms with E-state index in [-0.39, 0.29) is 0 Å². The fraction of sp³-hybridized carbons (Fsp3) is 0.800. The Morgan fingerprint density at radius 1 is 1.53 bits per heavy atom. The first-order valence-electron chi connectivity index (χ1n) is 5.71. The molecule has 0 aromatic carbocycles. The highest BCUT2D eigenvalue weighted by molar-refractivity contribution is 5.85. The molecule has 17 heavy (non-hydrogen) atoms. The van der Waals surface area contributed by atoms with Gasteiger partial charge in [-0.15, -0.1) is 0 Å². The standard InChI is InChI=1S/C10H20N2O5/c1-10(2,3)17-9(15)11-7(6-13)8(14)12(4)16-5/h7,13H,6H2,1-5H3,(H,11,15)/t7-/m0/s1/i4D. The SMILES string of the molecule is [2H]CN(OC)C(=O)[C@H](CO)NC(=O)OC(C)(C)C. The number of hydrogen-bond donors (Lipinski definition) is 2. The van der Waals surface area contributed by atoms with Crippen LogP contribution in [0.5, 0.6) is 0 Å². The molecule has 0 aliphatic heterocycles. The fourth-order valence-corrected chi connectivity index (χ4v) is 0.899. The molecular formula is C10H20N2O5. The largest absolute Gasteiger partial charge is 0.444 e. The first kappa shape index (κ1) is 13.7. The third-order valence-electron chi connectivity index (χ3n) is 1.64. The molecule has 0 saturated heterocycles. The van der Waals surface area contributed by atoms with Crippen molar-refractivity contribution in [3.63, 3.8) is 0 Å². The number of likely N-dealkylation sites (N-methyl/N-ethyl adjacent to an activating group) is 1. The van der Waals surface area contributed by atoms with Crippen LogP contribution in [0.15, 0.2) is 0 Å². The summed E-state index contributed by atoms with van der Waals surface area (Å²) in [7, 11) is 0.774. The third kappa shape index (κ3) is 6.08. The number of aliphatic hydroxyl groups is 1. The van der Waals surface area contributed by atoms with Crippen LogP contribution < -0.4 is 5.32 Å². The van der Waals surface area contributed by atoms with E-state index < -0.39 is 37.3 Å². The molecule has 0 unspecified atom stereocenters. The summed E-state index contributed by atoms with van der Waals surface area (Å²) in [4.78, 5) is 27.7. The molecular weight excluding hydrogens is 228 g/mol. The number of hydroxylamine groups is 2. The van der Waals surface area contributed by atoms with E-state index in [2.05, 4.69) is 10.2 Å². The molecule has 0 fully saturated rings. The lowest BCUT2D eigenvalue weighted by Crippen LogP contribution is -2.50. The maximum atomic E-state index is 11.7. The van der Waals surface area contributed by atoms with Gasteiger partial charge in [0.05, 0.1) is 13.7 Å². The molecule has 0 spiro atoms. The van der Waals surface area contributed by atoms with Crippen molar-refractivity contribution in [2.24, 2.45) is 0 Å². The second-order valence-electron chi connectivity index (χ2n) is 4.28. The summed E-state index contributed by atoms with van der Waals surface area (Å²) in [5, 5.41) is 12.0. The maximum Gasteiger partial charge on any atom is 0.408 e. The van der Waals surface area contributed by atoms with Crippen LogP contribution in [-0.4, -0.2) is 54.6 Å². The van der Waals surface area contributed by atoms with Gasteiger partial charge in [0.2, 0.25) is 0 Å². The molecule has 0 rings (SSSR count). The van der Waals surface area contributed by atoms with Gasteiger partial charge >= 0.3 is 6.09 Å². The Morgan fingerprint density at radius 3 is 2.47 bits per heavy atom. The Morgan fingerprint density at radius 2 is 2.12 bits per heavy atom. The van der Waals surface area contributed by atoms with Gasteiger partial charge in [-0.2, -0.15) is 0 Å². The van der Waals surface area contributed by atoms with Gasteiger partial charge in [0.15, 0.2) is 0 Å². The molecule has 0 heterocycles. The van der Waals surface area contributed by atoms with Crippen molar-refractivity contribution >= 4 is 12.0 Å². The Labute approximate surface area is 102 Å². The quantitative estimate of drug-likeness (QED) is 0.679. The molecule has 0 aromatic rings. The van der Waals surface area contributed by atoms with E-state index in [9.17, 15) is 9.59 Å². The number of carbonyl (C=O) groups excluding carboxylic acids is 2. The Kier molecular flexibility index (Phi) is 5.17. The maximum absolute atomic E-state index is 11.7. The van der Waals surface area contributed by atoms with Crippen LogP contribution in [0.2, 0.25) is 0 Å². The number of rotatable bonds is 4. The van der Waals surface area contributed by atoms with Crippen molar-refractivity contribution in [2.45, 2.75) is 32.4 Å². The minimum atomic E-state index is -1.20. The molecule has 2 N–H and O–H groups in total. The summed E-state index contributed by atoms with van der Waals surface area (Å²) in [6.07, 6.45) is -0.823. The normalized spacial score (nSPS) is 13.6. The van der Waals surface area contributed by atoms with Crippen LogP contribution in [0.1, 0.15) is 22.1 Å². The number of alkyl carbamates (subject to hydrolysis) is 1. The van der Waals surface area contributed by atoms with Crippen molar-refractivity contribution in [1.29, 1.82) is 0 Å². The van der Waals surface area contributed by atoms with Crippen LogP contribution >= 0.6 is 0 Å². The Bertz CT molecular complexity index is 288. The smallest absolute Gasteiger partial charge is 0.408 e. The lowest BCUT2D eigenvalue weighted by atomic mass is 10.2. The molecule has 100 valence electrons. The number of carbonyl (C=O) groups is 2. The minimum Gasteiger partial charge on any atom is -0.444 e. The summed E-state index contributed by atoms with van der Waals surface area (Å²) in [5.74, 6) is -0.721. The van der Waals surface area contributed by atoms with Crippen molar-refractivity contribution in [3.8, 4) is 0 Å². The lowest BCUT2D eigenvalue weighted by Gasteiger charge is -2.24. The first-order chi connectivity index (χ1) is 8.25. The number of hydrogen-bond acceptors (Lipinski definition) is 5. The number of aliphatic hydroxyl groups excluding tert-OH is 1. The van der Waals surface area contributed by atoms with Crippen LogP contribution in [0.4, 0.5) is 4.79 Å². The molecule has 7 heteroatoms. The fourth-order valence-electron chi connectivity index (χ4n) is 0.899. The van der Waals surface area contributed by atoms with Crippen LogP contribution in [0, 0.1) is 0 Å². The zero-order valence-electron chi connectivity index (χ0n) is 11.5. The summed E-state index contributed by atoms with van der Waals surface area (Å²) in [5.41, 5.74) is -0.705. The predicted octanol–water partition coefficient (Wildman–Crippen LogP) is -0.108. The van der Waals surface area contributed by atoms with Crippen LogP contribution in [0.3, 0.4) is 0 Å². The van der Waals surface area contributed by atoms with Gasteiger partial charge in [0.25, 0.3) is 5.91 Å². The average Bonchev–Trinajstić information content (AvgIpc) is 2.24. The molecule has 0 radical (unpaired) electrons. The predicted molar refractivity (Wildman–Crippen MR) is 60.0 cm³/mol. The molecule has 1 atom stereocenters. The number of amides is 2. The van der Waals surface area contributed by atoms with Gasteiger partial charge in [-0.3, -0.25) is 9.63 Å². The molecule has 0 saturated carbocycles. The lowest BCUT2D eigenvalue weighted by molar-refractivity contribution is -0.171. The van der Waals surface area contributed by atoms with Crippen LogP contribution in [-0.2, 0) is 14.4 Å². The summed E-state index contributed by atoms with van der Waals surface area (Å²) < 4.78 is 12.0. The minimum absolute atomic E-state index is 0.443. The molecule has 0 aliphatic rings. The van der Waals surface area contributed by atoms with Crippen molar-refractivity contribution in [2.75, 3.05) is 20.7 Å². The molecule has 0 bridgehead atoms. The zero-order chi connectivity index (χ0) is 14.3. The van der Waals surface area contributed by atoms with Gasteiger partial charge in [0.1, 0.15) is 11.6 Å². The second kappa shape index (κ2) is 6.41. The van der Waals surface area contributed by atoms with Gasteiger partial charge in [-0.25, -0.2) is 9.86 Å². The molecule has 0 aromatic heterocycles. The van der Waals surface area contributed by atoms with E-state index in [0.717, 1.165) is 0 Å². The van der Waals surface area contributed by atoms with Gasteiger partial charge in [-0.05, 0) is 20.8 Å². The summed E-state index contributed by atoms with van der Waals surface area (Å²) >= 11 is 0. The van der Waals surface area contributed by atoms with E-state index in [1.165, 1.54) is 7.11 Å². The number of ether oxygens (including phenoxy) is 1. The van der Waals surface area contributed by atoms with Crippen molar-refractivity contribution < 1.29 is 25.6 Å². The highest BCUT2D eigenvalue weighted by Gasteiger charge is 2.26. The Balaban J connectivity index is 4.51. The monoisotopic (exact) mass is 249 g/mol. The van der Waals surface area contributed by atoms with E-state index >= 15 is 0 Å². The summed E-state index contributed by atoms with van der Waals surface area (Å²) in [6, 6.07) is -1.20. The van der Waals surface area contributed by atoms with E-state index in [1.807, 2.05) is 0 Å². The van der Waals surface area contributed by atoms with E-state index in [4.69, 9.17) is 11.2 Å². The highest BCUT2D eigenvalue weighted by atomic mass is 16.7. The van der Waals surface area contributed by atoms with Crippen molar-refractivity contribution in [1.82, 2.24) is 10.4 Å². The number of nitrogens with zero attached hydrogens (tertiary/aromatic N) is 1. The topological polar surface area (TPSA) is 88.1 Å². The van der Waals surface area contributed by atoms with Gasteiger partial charge in [-0.1, -0.05) is 0 Å². The second-order valence-corrected chi connectivity index (χ2v) is 4.28. The van der Waals surface area contributed by atoms with E-state index in [1.54, 1.807) is 20.8 Å². The van der Waals surface area contributed by atoms with Gasteiger partial charge < -0.3 is 15.2 Å². The molecule has 2 amide bonds. The molecule has 0 aliphatic carbocycles. The Hall–Kier alpha value is -1.34. The average molecular weight is 249 g/mol. The van der Waals surface area contributed by atoms with Gasteiger partial charge in [0, 0.05) is 8.39 Å².